The van der Waals surface area contributed by atoms with Gasteiger partial charge in [-0.15, -0.1) is 11.3 Å². The number of aromatic amines is 1. The topological polar surface area (TPSA) is 74.8 Å². The summed E-state index contributed by atoms with van der Waals surface area (Å²) in [6.07, 6.45) is 1.32. The molecule has 0 aliphatic heterocycles. The van der Waals surface area contributed by atoms with E-state index in [-0.39, 0.29) is 11.1 Å². The molecular weight excluding hydrogens is 258 g/mol. The average molecular weight is 271 g/mol. The van der Waals surface area contributed by atoms with Gasteiger partial charge < -0.3 is 4.98 Å². The van der Waals surface area contributed by atoms with Crippen LogP contribution in [0.5, 0.6) is 0 Å². The van der Waals surface area contributed by atoms with E-state index in [9.17, 15) is 8.42 Å². The summed E-state index contributed by atoms with van der Waals surface area (Å²) in [5.74, 6) is 0.578. The van der Waals surface area contributed by atoms with Gasteiger partial charge in [0.15, 0.2) is 5.03 Å². The molecule has 2 aromatic heterocycles. The van der Waals surface area contributed by atoms with E-state index in [0.717, 1.165) is 4.88 Å². The van der Waals surface area contributed by atoms with Gasteiger partial charge in [0.25, 0.3) is 10.0 Å². The summed E-state index contributed by atoms with van der Waals surface area (Å²) < 4.78 is 26.5. The Morgan fingerprint density at radius 2 is 2.29 bits per heavy atom. The first-order chi connectivity index (χ1) is 7.99. The van der Waals surface area contributed by atoms with Crippen molar-refractivity contribution in [2.75, 3.05) is 0 Å². The third-order valence-corrected chi connectivity index (χ3v) is 4.78. The third-order valence-electron chi connectivity index (χ3n) is 2.27. The molecule has 5 nitrogen and oxygen atoms in total. The van der Waals surface area contributed by atoms with Crippen molar-refractivity contribution in [1.29, 1.82) is 0 Å². The fourth-order valence-electron chi connectivity index (χ4n) is 1.43. The number of hydrogen-bond donors (Lipinski definition) is 2. The normalized spacial score (nSPS) is 13.8. The average Bonchev–Trinajstić information content (AvgIpc) is 2.86. The molecule has 0 bridgehead atoms. The van der Waals surface area contributed by atoms with Gasteiger partial charge in [0, 0.05) is 4.88 Å². The fourth-order valence-corrected chi connectivity index (χ4v) is 3.43. The lowest BCUT2D eigenvalue weighted by atomic mass is 10.3. The van der Waals surface area contributed by atoms with Gasteiger partial charge in [-0.3, -0.25) is 0 Å². The number of thiophene rings is 1. The van der Waals surface area contributed by atoms with Gasteiger partial charge in [-0.25, -0.2) is 18.1 Å². The van der Waals surface area contributed by atoms with Crippen molar-refractivity contribution in [3.63, 3.8) is 0 Å². The largest absolute Gasteiger partial charge is 0.332 e. The van der Waals surface area contributed by atoms with Gasteiger partial charge in [-0.05, 0) is 25.3 Å². The molecule has 0 aliphatic rings. The van der Waals surface area contributed by atoms with E-state index in [1.807, 2.05) is 24.4 Å². The lowest BCUT2D eigenvalue weighted by Crippen LogP contribution is -2.26. The smallest absolute Gasteiger partial charge is 0.258 e. The van der Waals surface area contributed by atoms with Crippen LogP contribution in [-0.2, 0) is 10.0 Å². The Kier molecular flexibility index (Phi) is 3.32. The first-order valence-electron chi connectivity index (χ1n) is 5.06. The molecule has 1 unspecified atom stereocenters. The van der Waals surface area contributed by atoms with Crippen LogP contribution in [0.3, 0.4) is 0 Å². The molecule has 92 valence electrons. The number of imidazole rings is 1. The molecule has 0 saturated heterocycles. The summed E-state index contributed by atoms with van der Waals surface area (Å²) in [6.45, 7) is 3.52. The molecule has 0 fully saturated rings. The van der Waals surface area contributed by atoms with E-state index < -0.39 is 10.0 Å². The molecule has 2 rings (SSSR count). The molecule has 0 aliphatic carbocycles. The van der Waals surface area contributed by atoms with Gasteiger partial charge in [0.2, 0.25) is 0 Å². The monoisotopic (exact) mass is 271 g/mol. The second-order valence-electron chi connectivity index (χ2n) is 3.69. The number of rotatable bonds is 4. The summed E-state index contributed by atoms with van der Waals surface area (Å²) in [4.78, 5) is 7.57. The van der Waals surface area contributed by atoms with Crippen LogP contribution in [0.15, 0.2) is 28.7 Å². The van der Waals surface area contributed by atoms with Gasteiger partial charge in [0.1, 0.15) is 5.82 Å². The van der Waals surface area contributed by atoms with Gasteiger partial charge in [-0.2, -0.15) is 0 Å². The number of aryl methyl sites for hydroxylation is 1. The summed E-state index contributed by atoms with van der Waals surface area (Å²) in [5.41, 5.74) is 0. The summed E-state index contributed by atoms with van der Waals surface area (Å²) in [7, 11) is -3.53. The Morgan fingerprint density at radius 3 is 2.82 bits per heavy atom. The van der Waals surface area contributed by atoms with Crippen LogP contribution in [0.2, 0.25) is 0 Å². The molecule has 2 heterocycles. The maximum absolute atomic E-state index is 12.0. The van der Waals surface area contributed by atoms with Crippen LogP contribution in [0.1, 0.15) is 23.7 Å². The molecule has 0 spiro atoms. The third kappa shape index (κ3) is 2.74. The van der Waals surface area contributed by atoms with Crippen LogP contribution in [0.4, 0.5) is 0 Å². The highest BCUT2D eigenvalue weighted by atomic mass is 32.2. The highest BCUT2D eigenvalue weighted by molar-refractivity contribution is 7.89. The second kappa shape index (κ2) is 4.59. The van der Waals surface area contributed by atoms with Gasteiger partial charge in [-0.1, -0.05) is 6.07 Å². The molecular formula is C10H13N3O2S2. The molecule has 0 aromatic carbocycles. The zero-order chi connectivity index (χ0) is 12.5. The Balaban J connectivity index is 2.18. The lowest BCUT2D eigenvalue weighted by Gasteiger charge is -2.11. The number of sulfonamides is 1. The van der Waals surface area contributed by atoms with Crippen molar-refractivity contribution in [3.8, 4) is 0 Å². The molecule has 0 amide bonds. The molecule has 2 aromatic rings. The Morgan fingerprint density at radius 1 is 1.53 bits per heavy atom. The van der Waals surface area contributed by atoms with E-state index in [1.54, 1.807) is 6.92 Å². The second-order valence-corrected chi connectivity index (χ2v) is 6.35. The Labute approximate surface area is 104 Å². The summed E-state index contributed by atoms with van der Waals surface area (Å²) >= 11 is 1.52. The molecule has 17 heavy (non-hydrogen) atoms. The van der Waals surface area contributed by atoms with Crippen molar-refractivity contribution in [2.24, 2.45) is 0 Å². The van der Waals surface area contributed by atoms with E-state index in [4.69, 9.17) is 0 Å². The predicted molar refractivity (Wildman–Crippen MR) is 66.4 cm³/mol. The van der Waals surface area contributed by atoms with Crippen molar-refractivity contribution >= 4 is 21.4 Å². The summed E-state index contributed by atoms with van der Waals surface area (Å²) in [5, 5.41) is 2.01. The first kappa shape index (κ1) is 12.3. The number of H-pyrrole nitrogens is 1. The van der Waals surface area contributed by atoms with Crippen molar-refractivity contribution in [1.82, 2.24) is 14.7 Å². The van der Waals surface area contributed by atoms with Crippen LogP contribution < -0.4 is 4.72 Å². The van der Waals surface area contributed by atoms with E-state index >= 15 is 0 Å². The maximum atomic E-state index is 12.0. The van der Waals surface area contributed by atoms with Gasteiger partial charge in [0.05, 0.1) is 12.2 Å². The van der Waals surface area contributed by atoms with E-state index in [1.165, 1.54) is 17.5 Å². The molecule has 7 heteroatoms. The number of nitrogens with zero attached hydrogens (tertiary/aromatic N) is 1. The highest BCUT2D eigenvalue weighted by Crippen LogP contribution is 2.20. The standard InChI is InChI=1S/C10H13N3O2S2/c1-7(9-4-3-5-16-9)13-17(14,15)10-6-11-8(2)12-10/h3-7,13H,1-2H3,(H,11,12). The molecule has 2 N–H and O–H groups in total. The zero-order valence-electron chi connectivity index (χ0n) is 9.47. The summed E-state index contributed by atoms with van der Waals surface area (Å²) in [6, 6.07) is 3.55. The zero-order valence-corrected chi connectivity index (χ0v) is 11.1. The van der Waals surface area contributed by atoms with E-state index in [0.29, 0.717) is 5.82 Å². The van der Waals surface area contributed by atoms with Gasteiger partial charge >= 0.3 is 0 Å². The van der Waals surface area contributed by atoms with Crippen LogP contribution in [-0.4, -0.2) is 18.4 Å². The number of nitrogens with one attached hydrogen (secondary N) is 2. The minimum atomic E-state index is -3.53. The number of aromatic nitrogens is 2. The molecule has 0 radical (unpaired) electrons. The van der Waals surface area contributed by atoms with Crippen molar-refractivity contribution in [3.05, 3.63) is 34.4 Å². The first-order valence-corrected chi connectivity index (χ1v) is 7.42. The van der Waals surface area contributed by atoms with Crippen LogP contribution in [0, 0.1) is 6.92 Å². The van der Waals surface area contributed by atoms with Crippen molar-refractivity contribution in [2.45, 2.75) is 24.9 Å². The highest BCUT2D eigenvalue weighted by Gasteiger charge is 2.20. The van der Waals surface area contributed by atoms with Crippen molar-refractivity contribution < 1.29 is 8.42 Å². The Bertz CT molecular complexity index is 587. The van der Waals surface area contributed by atoms with E-state index in [2.05, 4.69) is 14.7 Å². The fraction of sp³-hybridized carbons (Fsp3) is 0.300. The molecule has 0 saturated carbocycles. The maximum Gasteiger partial charge on any atom is 0.258 e. The minimum Gasteiger partial charge on any atom is -0.332 e. The number of hydrogen-bond acceptors (Lipinski definition) is 4. The minimum absolute atomic E-state index is 0.0957. The predicted octanol–water partition coefficient (Wildman–Crippen LogP) is 1.82. The van der Waals surface area contributed by atoms with Crippen LogP contribution >= 0.6 is 11.3 Å². The molecule has 1 atom stereocenters. The Hall–Kier alpha value is -1.18. The quantitative estimate of drug-likeness (QED) is 0.890. The SMILES string of the molecule is Cc1ncc(S(=O)(=O)NC(C)c2cccs2)[nH]1. The van der Waals surface area contributed by atoms with Crippen LogP contribution in [0.25, 0.3) is 0 Å². The lowest BCUT2D eigenvalue weighted by molar-refractivity contribution is 0.565.